The molecule has 41 heavy (non-hydrogen) atoms. The fraction of sp³-hybridized carbons (Fsp3) is 0. The second-order valence-corrected chi connectivity index (χ2v) is 11.3. The zero-order valence-corrected chi connectivity index (χ0v) is 23.0. The Labute approximate surface area is 242 Å². The number of aromatic nitrogens is 2. The first kappa shape index (κ1) is 23.7. The Morgan fingerprint density at radius 1 is 0.390 bits per heavy atom. The van der Waals surface area contributed by atoms with Gasteiger partial charge in [0.15, 0.2) is 5.82 Å². The second kappa shape index (κ2) is 9.81. The highest BCUT2D eigenvalue weighted by atomic mass is 32.1. The van der Waals surface area contributed by atoms with Crippen LogP contribution < -0.4 is 0 Å². The van der Waals surface area contributed by atoms with Gasteiger partial charge in [-0.05, 0) is 52.6 Å². The summed E-state index contributed by atoms with van der Waals surface area (Å²) in [5.41, 5.74) is 8.78. The predicted octanol–water partition coefficient (Wildman–Crippen LogP) is 10.7. The third-order valence-electron chi connectivity index (χ3n) is 7.68. The number of nitrogens with zero attached hydrogens (tertiary/aromatic N) is 2. The summed E-state index contributed by atoms with van der Waals surface area (Å²) in [4.78, 5) is 10.5. The van der Waals surface area contributed by atoms with Gasteiger partial charge in [-0.15, -0.1) is 11.3 Å². The summed E-state index contributed by atoms with van der Waals surface area (Å²) in [6.45, 7) is 0. The fourth-order valence-corrected chi connectivity index (χ4v) is 6.80. The second-order valence-electron chi connectivity index (χ2n) is 10.2. The maximum absolute atomic E-state index is 5.28. The summed E-state index contributed by atoms with van der Waals surface area (Å²) >= 11 is 1.82. The summed E-state index contributed by atoms with van der Waals surface area (Å²) in [6, 6.07) is 51.3. The molecule has 3 heteroatoms. The summed E-state index contributed by atoms with van der Waals surface area (Å²) in [7, 11) is 0. The number of hydrogen-bond acceptors (Lipinski definition) is 3. The molecular weight excluding hydrogens is 516 g/mol. The summed E-state index contributed by atoms with van der Waals surface area (Å²) in [6.07, 6.45) is 0. The van der Waals surface area contributed by atoms with Gasteiger partial charge >= 0.3 is 0 Å². The van der Waals surface area contributed by atoms with Crippen molar-refractivity contribution in [3.63, 3.8) is 0 Å². The lowest BCUT2D eigenvalue weighted by molar-refractivity contribution is 1.23. The van der Waals surface area contributed by atoms with Crippen LogP contribution in [0, 0.1) is 0 Å². The zero-order chi connectivity index (χ0) is 27.2. The van der Waals surface area contributed by atoms with Crippen molar-refractivity contribution < 1.29 is 0 Å². The van der Waals surface area contributed by atoms with Gasteiger partial charge in [-0.2, -0.15) is 0 Å². The minimum Gasteiger partial charge on any atom is -0.227 e. The van der Waals surface area contributed by atoms with Crippen LogP contribution in [-0.4, -0.2) is 9.97 Å². The lowest BCUT2D eigenvalue weighted by atomic mass is 9.97. The Morgan fingerprint density at radius 2 is 0.976 bits per heavy atom. The predicted molar refractivity (Wildman–Crippen MR) is 174 cm³/mol. The van der Waals surface area contributed by atoms with Gasteiger partial charge in [0.25, 0.3) is 0 Å². The van der Waals surface area contributed by atoms with Gasteiger partial charge in [0, 0.05) is 36.7 Å². The van der Waals surface area contributed by atoms with Gasteiger partial charge in [0.1, 0.15) is 0 Å². The van der Waals surface area contributed by atoms with E-state index < -0.39 is 0 Å². The standard InChI is InChI=1S/C38H24N2S/c1-3-11-25(12-4-1)27-15-9-16-28(23-27)29-17-10-18-30(24-29)38-39-36(26-13-5-2-6-14-26)32-21-22-34-35(37(32)40-38)31-19-7-8-20-33(31)41-34/h1-24H. The Hall–Kier alpha value is -5.12. The van der Waals surface area contributed by atoms with Crippen LogP contribution in [0.15, 0.2) is 146 Å². The highest BCUT2D eigenvalue weighted by molar-refractivity contribution is 7.26. The Morgan fingerprint density at radius 3 is 1.73 bits per heavy atom. The average Bonchev–Trinajstić information content (AvgIpc) is 3.44. The van der Waals surface area contributed by atoms with E-state index in [9.17, 15) is 0 Å². The van der Waals surface area contributed by atoms with Crippen molar-refractivity contribution in [3.05, 3.63) is 146 Å². The fourth-order valence-electron chi connectivity index (χ4n) is 5.69. The van der Waals surface area contributed by atoms with Crippen molar-refractivity contribution in [1.82, 2.24) is 9.97 Å². The molecule has 2 heterocycles. The molecule has 0 saturated carbocycles. The van der Waals surface area contributed by atoms with Crippen molar-refractivity contribution in [1.29, 1.82) is 0 Å². The largest absolute Gasteiger partial charge is 0.227 e. The molecule has 0 radical (unpaired) electrons. The highest BCUT2D eigenvalue weighted by Crippen LogP contribution is 2.40. The maximum Gasteiger partial charge on any atom is 0.160 e. The van der Waals surface area contributed by atoms with Crippen molar-refractivity contribution in [2.24, 2.45) is 0 Å². The normalized spacial score (nSPS) is 11.4. The Kier molecular flexibility index (Phi) is 5.68. The first-order valence-corrected chi connectivity index (χ1v) is 14.6. The monoisotopic (exact) mass is 540 g/mol. The van der Waals surface area contributed by atoms with Crippen LogP contribution in [0.5, 0.6) is 0 Å². The number of benzene rings is 6. The molecule has 0 saturated heterocycles. The van der Waals surface area contributed by atoms with Gasteiger partial charge in [-0.25, -0.2) is 9.97 Å². The molecule has 0 aliphatic heterocycles. The van der Waals surface area contributed by atoms with Crippen LogP contribution >= 0.6 is 11.3 Å². The molecule has 0 unspecified atom stereocenters. The Balaban J connectivity index is 1.35. The summed E-state index contributed by atoms with van der Waals surface area (Å²) in [5, 5.41) is 3.52. The number of hydrogen-bond donors (Lipinski definition) is 0. The van der Waals surface area contributed by atoms with Gasteiger partial charge in [0.05, 0.1) is 11.2 Å². The van der Waals surface area contributed by atoms with E-state index in [4.69, 9.17) is 9.97 Å². The van der Waals surface area contributed by atoms with Crippen LogP contribution in [0.1, 0.15) is 0 Å². The summed E-state index contributed by atoms with van der Waals surface area (Å²) < 4.78 is 2.52. The quantitative estimate of drug-likeness (QED) is 0.222. The highest BCUT2D eigenvalue weighted by Gasteiger charge is 2.17. The molecule has 8 rings (SSSR count). The average molecular weight is 541 g/mol. The third kappa shape index (κ3) is 4.19. The van der Waals surface area contributed by atoms with Crippen LogP contribution in [0.25, 0.3) is 76.0 Å². The molecular formula is C38H24N2S. The van der Waals surface area contributed by atoms with Crippen molar-refractivity contribution in [2.75, 3.05) is 0 Å². The van der Waals surface area contributed by atoms with Crippen LogP contribution in [0.3, 0.4) is 0 Å². The first-order valence-electron chi connectivity index (χ1n) is 13.8. The Bertz CT molecular complexity index is 2200. The van der Waals surface area contributed by atoms with Crippen LogP contribution in [0.4, 0.5) is 0 Å². The van der Waals surface area contributed by atoms with E-state index >= 15 is 0 Å². The van der Waals surface area contributed by atoms with E-state index in [1.807, 2.05) is 17.4 Å². The van der Waals surface area contributed by atoms with Gasteiger partial charge < -0.3 is 0 Å². The number of fused-ring (bicyclic) bond motifs is 5. The molecule has 6 aromatic carbocycles. The van der Waals surface area contributed by atoms with Crippen molar-refractivity contribution in [2.45, 2.75) is 0 Å². The zero-order valence-electron chi connectivity index (χ0n) is 22.2. The molecule has 0 N–H and O–H groups in total. The van der Waals surface area contributed by atoms with Gasteiger partial charge in [0.2, 0.25) is 0 Å². The molecule has 0 fully saturated rings. The van der Waals surface area contributed by atoms with Gasteiger partial charge in [-0.3, -0.25) is 0 Å². The van der Waals surface area contributed by atoms with E-state index in [1.54, 1.807) is 0 Å². The topological polar surface area (TPSA) is 25.8 Å². The molecule has 2 nitrogen and oxygen atoms in total. The third-order valence-corrected chi connectivity index (χ3v) is 8.81. The number of thiophene rings is 1. The van der Waals surface area contributed by atoms with Crippen molar-refractivity contribution in [3.8, 4) is 44.9 Å². The molecule has 192 valence electrons. The van der Waals surface area contributed by atoms with E-state index in [1.165, 1.54) is 36.9 Å². The summed E-state index contributed by atoms with van der Waals surface area (Å²) in [5.74, 6) is 0.736. The molecule has 0 aliphatic rings. The number of rotatable bonds is 4. The molecule has 0 bridgehead atoms. The minimum atomic E-state index is 0.736. The van der Waals surface area contributed by atoms with E-state index in [0.717, 1.165) is 39.1 Å². The first-order chi connectivity index (χ1) is 20.3. The van der Waals surface area contributed by atoms with Crippen LogP contribution in [-0.2, 0) is 0 Å². The maximum atomic E-state index is 5.28. The lowest BCUT2D eigenvalue weighted by Crippen LogP contribution is -1.96. The van der Waals surface area contributed by atoms with E-state index in [-0.39, 0.29) is 0 Å². The molecule has 0 atom stereocenters. The molecule has 2 aromatic heterocycles. The van der Waals surface area contributed by atoms with Crippen molar-refractivity contribution >= 4 is 42.4 Å². The van der Waals surface area contributed by atoms with Crippen LogP contribution in [0.2, 0.25) is 0 Å². The van der Waals surface area contributed by atoms with E-state index in [2.05, 4.69) is 140 Å². The molecule has 0 spiro atoms. The molecule has 0 amide bonds. The smallest absolute Gasteiger partial charge is 0.160 e. The minimum absolute atomic E-state index is 0.736. The lowest BCUT2D eigenvalue weighted by Gasteiger charge is -2.12. The molecule has 8 aromatic rings. The molecule has 0 aliphatic carbocycles. The van der Waals surface area contributed by atoms with E-state index in [0.29, 0.717) is 0 Å². The van der Waals surface area contributed by atoms with Gasteiger partial charge in [-0.1, -0.05) is 115 Å². The SMILES string of the molecule is c1ccc(-c2cccc(-c3cccc(-c4nc(-c5ccccc5)c5ccc6sc7ccccc7c6c5n4)c3)c2)cc1.